The lowest BCUT2D eigenvalue weighted by molar-refractivity contribution is 0.583. The van der Waals surface area contributed by atoms with Crippen LogP contribution in [0.25, 0.3) is 0 Å². The first-order chi connectivity index (χ1) is 11.8. The van der Waals surface area contributed by atoms with Crippen LogP contribution in [0, 0.1) is 0 Å². The van der Waals surface area contributed by atoms with Gasteiger partial charge in [0.2, 0.25) is 10.0 Å². The lowest BCUT2D eigenvalue weighted by Gasteiger charge is -2.30. The molecule has 0 aromatic heterocycles. The maximum atomic E-state index is 13.0. The highest BCUT2D eigenvalue weighted by Crippen LogP contribution is 2.33. The van der Waals surface area contributed by atoms with Crippen LogP contribution in [0.15, 0.2) is 52.3 Å². The molecule has 1 aliphatic heterocycles. The Hall–Kier alpha value is -1.61. The molecular weight excluding hydrogens is 384 g/mol. The fraction of sp³-hybridized carbons (Fsp3) is 0.250. The number of rotatable bonds is 4. The molecule has 2 aromatic carbocycles. The average molecular weight is 401 g/mol. The molecule has 0 radical (unpaired) electrons. The average Bonchev–Trinajstić information content (AvgIpc) is 2.61. The molecule has 6 nitrogen and oxygen atoms in total. The minimum atomic E-state index is -3.78. The van der Waals surface area contributed by atoms with Crippen molar-refractivity contribution in [2.75, 3.05) is 17.9 Å². The van der Waals surface area contributed by atoms with Crippen LogP contribution in [0.4, 0.5) is 5.69 Å². The van der Waals surface area contributed by atoms with Crippen molar-refractivity contribution in [3.05, 3.63) is 53.1 Å². The standard InChI is InChI=1S/C16H17ClN2O4S2/c1-18-24(20,21)14-5-7-15(8-6-14)25(22,23)19-10-2-3-12-11-13(17)4-9-16(12)19/h4-9,11,18H,2-3,10H2,1H3. The third-order valence-corrected chi connectivity index (χ3v) is 7.60. The second kappa shape index (κ2) is 6.60. The van der Waals surface area contributed by atoms with Gasteiger partial charge in [-0.25, -0.2) is 21.6 Å². The van der Waals surface area contributed by atoms with E-state index < -0.39 is 20.0 Å². The third-order valence-electron chi connectivity index (χ3n) is 4.11. The molecule has 0 aliphatic carbocycles. The van der Waals surface area contributed by atoms with E-state index in [0.29, 0.717) is 23.7 Å². The first-order valence-electron chi connectivity index (χ1n) is 7.60. The Morgan fingerprint density at radius 3 is 2.28 bits per heavy atom. The van der Waals surface area contributed by atoms with Crippen LogP contribution < -0.4 is 9.03 Å². The van der Waals surface area contributed by atoms with E-state index in [1.54, 1.807) is 18.2 Å². The van der Waals surface area contributed by atoms with E-state index in [4.69, 9.17) is 11.6 Å². The molecule has 25 heavy (non-hydrogen) atoms. The second-order valence-electron chi connectivity index (χ2n) is 5.63. The summed E-state index contributed by atoms with van der Waals surface area (Å²) in [7, 11) is -6.09. The zero-order valence-electron chi connectivity index (χ0n) is 13.4. The third kappa shape index (κ3) is 3.39. The smallest absolute Gasteiger partial charge is 0.264 e. The van der Waals surface area contributed by atoms with Crippen molar-refractivity contribution < 1.29 is 16.8 Å². The second-order valence-corrected chi connectivity index (χ2v) is 9.82. The molecular formula is C16H17ClN2O4S2. The lowest BCUT2D eigenvalue weighted by Crippen LogP contribution is -2.35. The predicted octanol–water partition coefficient (Wildman–Crippen LogP) is 2.39. The Morgan fingerprint density at radius 1 is 1.00 bits per heavy atom. The van der Waals surface area contributed by atoms with Crippen molar-refractivity contribution >= 4 is 37.3 Å². The highest BCUT2D eigenvalue weighted by Gasteiger charge is 2.29. The number of hydrogen-bond donors (Lipinski definition) is 1. The highest BCUT2D eigenvalue weighted by atomic mass is 35.5. The van der Waals surface area contributed by atoms with Gasteiger partial charge in [0, 0.05) is 11.6 Å². The van der Waals surface area contributed by atoms with E-state index >= 15 is 0 Å². The maximum absolute atomic E-state index is 13.0. The minimum absolute atomic E-state index is 0.0137. The number of aryl methyl sites for hydroxylation is 1. The monoisotopic (exact) mass is 400 g/mol. The summed E-state index contributed by atoms with van der Waals surface area (Å²) in [5.41, 5.74) is 1.50. The van der Waals surface area contributed by atoms with Gasteiger partial charge in [0.25, 0.3) is 10.0 Å². The molecule has 3 rings (SSSR count). The number of hydrogen-bond acceptors (Lipinski definition) is 4. The van der Waals surface area contributed by atoms with Crippen molar-refractivity contribution in [1.29, 1.82) is 0 Å². The number of nitrogens with one attached hydrogen (secondary N) is 1. The van der Waals surface area contributed by atoms with E-state index in [9.17, 15) is 16.8 Å². The fourth-order valence-corrected chi connectivity index (χ4v) is 5.28. The number of anilines is 1. The summed E-state index contributed by atoms with van der Waals surface area (Å²) in [6.07, 6.45) is 1.46. The summed E-state index contributed by atoms with van der Waals surface area (Å²) in [5.74, 6) is 0. The van der Waals surface area contributed by atoms with Crippen molar-refractivity contribution in [1.82, 2.24) is 4.72 Å². The Labute approximate surface area is 152 Å². The van der Waals surface area contributed by atoms with Gasteiger partial charge in [0.05, 0.1) is 15.5 Å². The molecule has 2 aromatic rings. The molecule has 0 fully saturated rings. The van der Waals surface area contributed by atoms with Gasteiger partial charge in [-0.05, 0) is 67.9 Å². The van der Waals surface area contributed by atoms with Crippen LogP contribution in [0.1, 0.15) is 12.0 Å². The first kappa shape index (κ1) is 18.2. The van der Waals surface area contributed by atoms with Crippen molar-refractivity contribution in [2.24, 2.45) is 0 Å². The molecule has 134 valence electrons. The maximum Gasteiger partial charge on any atom is 0.264 e. The van der Waals surface area contributed by atoms with Crippen LogP contribution >= 0.6 is 11.6 Å². The van der Waals surface area contributed by atoms with Gasteiger partial charge >= 0.3 is 0 Å². The Kier molecular flexibility index (Phi) is 4.80. The quantitative estimate of drug-likeness (QED) is 0.854. The predicted molar refractivity (Wildman–Crippen MR) is 97.0 cm³/mol. The summed E-state index contributed by atoms with van der Waals surface area (Å²) in [4.78, 5) is 0.0603. The highest BCUT2D eigenvalue weighted by molar-refractivity contribution is 7.93. The molecule has 1 heterocycles. The zero-order valence-corrected chi connectivity index (χ0v) is 15.8. The summed E-state index contributed by atoms with van der Waals surface area (Å²) in [5, 5.41) is 0.569. The van der Waals surface area contributed by atoms with Gasteiger partial charge < -0.3 is 0 Å². The van der Waals surface area contributed by atoms with Gasteiger partial charge in [-0.3, -0.25) is 4.31 Å². The summed E-state index contributed by atoms with van der Waals surface area (Å²) < 4.78 is 53.1. The molecule has 1 N–H and O–H groups in total. The number of fused-ring (bicyclic) bond motifs is 1. The van der Waals surface area contributed by atoms with Gasteiger partial charge in [0.1, 0.15) is 0 Å². The molecule has 1 aliphatic rings. The summed E-state index contributed by atoms with van der Waals surface area (Å²) in [6.45, 7) is 0.369. The summed E-state index contributed by atoms with van der Waals surface area (Å²) >= 11 is 6.00. The van der Waals surface area contributed by atoms with Crippen molar-refractivity contribution in [3.63, 3.8) is 0 Å². The van der Waals surface area contributed by atoms with E-state index in [-0.39, 0.29) is 9.79 Å². The largest absolute Gasteiger partial charge is 0.266 e. The molecule has 0 saturated heterocycles. The number of halogens is 1. The van der Waals surface area contributed by atoms with E-state index in [1.807, 2.05) is 0 Å². The molecule has 0 saturated carbocycles. The molecule has 0 spiro atoms. The first-order valence-corrected chi connectivity index (χ1v) is 10.9. The van der Waals surface area contributed by atoms with Crippen LogP contribution in [0.3, 0.4) is 0 Å². The lowest BCUT2D eigenvalue weighted by atomic mass is 10.0. The normalized spacial score (nSPS) is 15.0. The fourth-order valence-electron chi connectivity index (χ4n) is 2.82. The van der Waals surface area contributed by atoms with Gasteiger partial charge in [-0.15, -0.1) is 0 Å². The van der Waals surface area contributed by atoms with Crippen LogP contribution in [0.2, 0.25) is 5.02 Å². The number of benzene rings is 2. The Bertz CT molecular complexity index is 1000. The molecule has 9 heteroatoms. The van der Waals surface area contributed by atoms with Gasteiger partial charge in [-0.2, -0.15) is 0 Å². The van der Waals surface area contributed by atoms with Gasteiger partial charge in [-0.1, -0.05) is 11.6 Å². The topological polar surface area (TPSA) is 83.5 Å². The Morgan fingerprint density at radius 2 is 1.64 bits per heavy atom. The van der Waals surface area contributed by atoms with Crippen molar-refractivity contribution in [3.8, 4) is 0 Å². The van der Waals surface area contributed by atoms with Crippen molar-refractivity contribution in [2.45, 2.75) is 22.6 Å². The molecule has 0 unspecified atom stereocenters. The van der Waals surface area contributed by atoms with E-state index in [2.05, 4.69) is 4.72 Å². The molecule has 0 atom stereocenters. The number of nitrogens with zero attached hydrogens (tertiary/aromatic N) is 1. The Balaban J connectivity index is 2.01. The SMILES string of the molecule is CNS(=O)(=O)c1ccc(S(=O)(=O)N2CCCc3cc(Cl)ccc32)cc1. The van der Waals surface area contributed by atoms with Crippen LogP contribution in [-0.2, 0) is 26.5 Å². The minimum Gasteiger partial charge on any atom is -0.266 e. The van der Waals surface area contributed by atoms with E-state index in [0.717, 1.165) is 12.0 Å². The number of sulfonamides is 2. The zero-order chi connectivity index (χ0) is 18.2. The van der Waals surface area contributed by atoms with Crippen LogP contribution in [-0.4, -0.2) is 30.4 Å². The molecule has 0 bridgehead atoms. The summed E-state index contributed by atoms with van der Waals surface area (Å²) in [6, 6.07) is 10.3. The van der Waals surface area contributed by atoms with Gasteiger partial charge in [0.15, 0.2) is 0 Å². The molecule has 0 amide bonds. The van der Waals surface area contributed by atoms with Crippen LogP contribution in [0.5, 0.6) is 0 Å². The van der Waals surface area contributed by atoms with E-state index in [1.165, 1.54) is 35.6 Å².